The Morgan fingerprint density at radius 2 is 2.18 bits per heavy atom. The number of aromatic nitrogens is 1. The molecule has 0 saturated heterocycles. The smallest absolute Gasteiger partial charge is 0.0742 e. The van der Waals surface area contributed by atoms with Crippen LogP contribution in [-0.2, 0) is 24.5 Å². The predicted molar refractivity (Wildman–Crippen MR) is 66.6 cm³/mol. The fraction of sp³-hybridized carbons (Fsp3) is 0.643. The van der Waals surface area contributed by atoms with E-state index in [1.54, 1.807) is 0 Å². The Morgan fingerprint density at radius 3 is 3.00 bits per heavy atom. The molecular formula is C14H20N2O. The first-order valence-electron chi connectivity index (χ1n) is 6.62. The second-order valence-corrected chi connectivity index (χ2v) is 5.19. The van der Waals surface area contributed by atoms with Crippen LogP contribution in [0.2, 0.25) is 0 Å². The zero-order valence-corrected chi connectivity index (χ0v) is 10.5. The highest BCUT2D eigenvalue weighted by atomic mass is 16.5. The predicted octanol–water partition coefficient (Wildman–Crippen LogP) is 2.45. The summed E-state index contributed by atoms with van der Waals surface area (Å²) >= 11 is 0. The van der Waals surface area contributed by atoms with Crippen LogP contribution in [0.1, 0.15) is 48.2 Å². The molecule has 92 valence electrons. The quantitative estimate of drug-likeness (QED) is 0.869. The lowest BCUT2D eigenvalue weighted by molar-refractivity contribution is 0.134. The molecule has 17 heavy (non-hydrogen) atoms. The Kier molecular flexibility index (Phi) is 3.12. The Labute approximate surface area is 103 Å². The van der Waals surface area contributed by atoms with E-state index in [2.05, 4.69) is 23.3 Å². The summed E-state index contributed by atoms with van der Waals surface area (Å²) in [4.78, 5) is 4.66. The van der Waals surface area contributed by atoms with Gasteiger partial charge in [0.2, 0.25) is 0 Å². The molecule has 1 aromatic rings. The Bertz CT molecular complexity index is 411. The number of hydrogen-bond acceptors (Lipinski definition) is 3. The molecule has 3 rings (SSSR count). The molecule has 3 nitrogen and oxygen atoms in total. The second kappa shape index (κ2) is 4.75. The number of nitrogens with one attached hydrogen (secondary N) is 1. The van der Waals surface area contributed by atoms with Gasteiger partial charge in [-0.3, -0.25) is 4.98 Å². The minimum atomic E-state index is 0.710. The van der Waals surface area contributed by atoms with E-state index in [4.69, 9.17) is 4.74 Å². The monoisotopic (exact) mass is 232 g/mol. The molecule has 3 heteroatoms. The average Bonchev–Trinajstić information content (AvgIpc) is 2.97. The number of aryl methyl sites for hydroxylation is 1. The maximum atomic E-state index is 5.47. The highest BCUT2D eigenvalue weighted by Gasteiger charge is 2.17. The van der Waals surface area contributed by atoms with Gasteiger partial charge in [-0.1, -0.05) is 12.8 Å². The molecule has 0 radical (unpaired) electrons. The topological polar surface area (TPSA) is 34.2 Å². The van der Waals surface area contributed by atoms with Crippen LogP contribution in [0.3, 0.4) is 0 Å². The van der Waals surface area contributed by atoms with Crippen molar-refractivity contribution in [1.82, 2.24) is 10.3 Å². The van der Waals surface area contributed by atoms with Gasteiger partial charge in [-0.2, -0.15) is 0 Å². The SMILES string of the molecule is Cc1nc(CNC2CCCC2)cc2c1COC2. The standard InChI is InChI=1S/C14H20N2O/c1-10-14-9-17-8-11(14)6-13(16-10)7-15-12-4-2-3-5-12/h6,12,15H,2-5,7-9H2,1H3. The van der Waals surface area contributed by atoms with Gasteiger partial charge in [-0.25, -0.2) is 0 Å². The van der Waals surface area contributed by atoms with Gasteiger partial charge in [-0.05, 0) is 31.4 Å². The summed E-state index contributed by atoms with van der Waals surface area (Å²) in [6, 6.07) is 2.92. The Balaban J connectivity index is 1.68. The van der Waals surface area contributed by atoms with Gasteiger partial charge in [0.05, 0.1) is 18.9 Å². The van der Waals surface area contributed by atoms with Crippen LogP contribution < -0.4 is 5.32 Å². The van der Waals surface area contributed by atoms with Gasteiger partial charge in [0, 0.05) is 23.8 Å². The number of ether oxygens (including phenoxy) is 1. The van der Waals surface area contributed by atoms with Gasteiger partial charge in [0.15, 0.2) is 0 Å². The number of hydrogen-bond donors (Lipinski definition) is 1. The van der Waals surface area contributed by atoms with Gasteiger partial charge < -0.3 is 10.1 Å². The van der Waals surface area contributed by atoms with Crippen molar-refractivity contribution < 1.29 is 4.74 Å². The Morgan fingerprint density at radius 1 is 1.35 bits per heavy atom. The molecule has 0 unspecified atom stereocenters. The van der Waals surface area contributed by atoms with Crippen LogP contribution in [0.15, 0.2) is 6.07 Å². The highest BCUT2D eigenvalue weighted by Crippen LogP contribution is 2.23. The fourth-order valence-electron chi connectivity index (χ4n) is 2.89. The normalized spacial score (nSPS) is 19.8. The lowest BCUT2D eigenvalue weighted by Gasteiger charge is -2.12. The minimum Gasteiger partial charge on any atom is -0.372 e. The molecule has 1 fully saturated rings. The number of pyridine rings is 1. The van der Waals surface area contributed by atoms with Crippen LogP contribution in [0.4, 0.5) is 0 Å². The van der Waals surface area contributed by atoms with Crippen LogP contribution in [-0.4, -0.2) is 11.0 Å². The number of fused-ring (bicyclic) bond motifs is 1. The van der Waals surface area contributed by atoms with Crippen LogP contribution >= 0.6 is 0 Å². The third-order valence-electron chi connectivity index (χ3n) is 3.91. The molecule has 2 heterocycles. The molecule has 1 aromatic heterocycles. The molecule has 1 N–H and O–H groups in total. The van der Waals surface area contributed by atoms with Crippen molar-refractivity contribution >= 4 is 0 Å². The lowest BCUT2D eigenvalue weighted by atomic mass is 10.1. The van der Waals surface area contributed by atoms with E-state index in [-0.39, 0.29) is 0 Å². The summed E-state index contributed by atoms with van der Waals surface area (Å²) in [5.41, 5.74) is 4.94. The van der Waals surface area contributed by atoms with Gasteiger partial charge in [-0.15, -0.1) is 0 Å². The van der Waals surface area contributed by atoms with Crippen molar-refractivity contribution in [2.24, 2.45) is 0 Å². The third kappa shape index (κ3) is 2.35. The van der Waals surface area contributed by atoms with Crippen molar-refractivity contribution in [3.63, 3.8) is 0 Å². The Hall–Kier alpha value is -0.930. The zero-order chi connectivity index (χ0) is 11.7. The molecule has 0 bridgehead atoms. The van der Waals surface area contributed by atoms with E-state index >= 15 is 0 Å². The molecule has 0 amide bonds. The van der Waals surface area contributed by atoms with Gasteiger partial charge in [0.1, 0.15) is 0 Å². The number of nitrogens with zero attached hydrogens (tertiary/aromatic N) is 1. The zero-order valence-electron chi connectivity index (χ0n) is 10.5. The molecule has 0 aromatic carbocycles. The first-order valence-corrected chi connectivity index (χ1v) is 6.62. The summed E-state index contributed by atoms with van der Waals surface area (Å²) in [6.07, 6.45) is 5.41. The largest absolute Gasteiger partial charge is 0.372 e. The van der Waals surface area contributed by atoms with E-state index in [1.165, 1.54) is 42.5 Å². The van der Waals surface area contributed by atoms with Crippen LogP contribution in [0.5, 0.6) is 0 Å². The van der Waals surface area contributed by atoms with Gasteiger partial charge in [0.25, 0.3) is 0 Å². The fourth-order valence-corrected chi connectivity index (χ4v) is 2.89. The molecule has 1 aliphatic carbocycles. The highest BCUT2D eigenvalue weighted by molar-refractivity contribution is 5.33. The van der Waals surface area contributed by atoms with E-state index in [1.807, 2.05) is 0 Å². The minimum absolute atomic E-state index is 0.710. The van der Waals surface area contributed by atoms with Crippen molar-refractivity contribution in [3.05, 3.63) is 28.6 Å². The van der Waals surface area contributed by atoms with Crippen molar-refractivity contribution in [2.45, 2.75) is 58.4 Å². The molecule has 0 atom stereocenters. The van der Waals surface area contributed by atoms with Crippen LogP contribution in [0, 0.1) is 6.92 Å². The first kappa shape index (κ1) is 11.2. The van der Waals surface area contributed by atoms with Crippen molar-refractivity contribution in [3.8, 4) is 0 Å². The molecular weight excluding hydrogens is 212 g/mol. The van der Waals surface area contributed by atoms with E-state index in [0.717, 1.165) is 25.5 Å². The first-order chi connectivity index (χ1) is 8.33. The summed E-state index contributed by atoms with van der Waals surface area (Å²) in [7, 11) is 0. The molecule has 1 saturated carbocycles. The second-order valence-electron chi connectivity index (χ2n) is 5.19. The maximum Gasteiger partial charge on any atom is 0.0742 e. The summed E-state index contributed by atoms with van der Waals surface area (Å²) < 4.78 is 5.47. The molecule has 1 aliphatic heterocycles. The summed E-state index contributed by atoms with van der Waals surface area (Å²) in [6.45, 7) is 4.49. The van der Waals surface area contributed by atoms with E-state index in [9.17, 15) is 0 Å². The lowest BCUT2D eigenvalue weighted by Crippen LogP contribution is -2.26. The van der Waals surface area contributed by atoms with E-state index < -0.39 is 0 Å². The maximum absolute atomic E-state index is 5.47. The van der Waals surface area contributed by atoms with Crippen molar-refractivity contribution in [1.29, 1.82) is 0 Å². The third-order valence-corrected chi connectivity index (χ3v) is 3.91. The van der Waals surface area contributed by atoms with Gasteiger partial charge >= 0.3 is 0 Å². The average molecular weight is 232 g/mol. The molecule has 0 spiro atoms. The summed E-state index contributed by atoms with van der Waals surface area (Å²) in [5.74, 6) is 0. The summed E-state index contributed by atoms with van der Waals surface area (Å²) in [5, 5.41) is 3.61. The molecule has 2 aliphatic rings. The van der Waals surface area contributed by atoms with E-state index in [0.29, 0.717) is 6.04 Å². The van der Waals surface area contributed by atoms with Crippen LogP contribution in [0.25, 0.3) is 0 Å². The number of rotatable bonds is 3. The van der Waals surface area contributed by atoms with Crippen molar-refractivity contribution in [2.75, 3.05) is 0 Å².